The van der Waals surface area contributed by atoms with Crippen LogP contribution in [-0.2, 0) is 17.5 Å². The van der Waals surface area contributed by atoms with Crippen LogP contribution in [0, 0.1) is 12.8 Å². The molecule has 164 valence electrons. The molecular formula is C21H22F3N5O2. The van der Waals surface area contributed by atoms with Gasteiger partial charge < -0.3 is 10.0 Å². The van der Waals surface area contributed by atoms with Gasteiger partial charge in [-0.3, -0.25) is 9.48 Å². The van der Waals surface area contributed by atoms with Gasteiger partial charge in [-0.25, -0.2) is 9.97 Å². The van der Waals surface area contributed by atoms with Gasteiger partial charge in [0.15, 0.2) is 5.65 Å². The van der Waals surface area contributed by atoms with Gasteiger partial charge in [0.25, 0.3) is 0 Å². The highest BCUT2D eigenvalue weighted by molar-refractivity contribution is 5.79. The first kappa shape index (κ1) is 21.1. The van der Waals surface area contributed by atoms with Crippen LogP contribution < -0.4 is 0 Å². The van der Waals surface area contributed by atoms with Gasteiger partial charge >= 0.3 is 6.18 Å². The monoisotopic (exact) mass is 433 g/mol. The summed E-state index contributed by atoms with van der Waals surface area (Å²) in [5.41, 5.74) is 0.582. The highest BCUT2D eigenvalue weighted by Gasteiger charge is 2.33. The van der Waals surface area contributed by atoms with Crippen LogP contribution in [0.2, 0.25) is 0 Å². The number of carbonyl (C=O) groups excluding carboxylic acids is 1. The number of rotatable bonds is 4. The molecule has 1 N–H and O–H groups in total. The average Bonchev–Trinajstić information content (AvgIpc) is 3.22. The number of phenolic OH excluding ortho intramolecular Hbond substituents is 1. The number of benzene rings is 1. The number of carbonyl (C=O) groups is 1. The summed E-state index contributed by atoms with van der Waals surface area (Å²) in [4.78, 5) is 22.7. The number of likely N-dealkylation sites (tertiary alicyclic amines) is 1. The normalized spacial score (nSPS) is 17.3. The van der Waals surface area contributed by atoms with Crippen molar-refractivity contribution in [2.24, 2.45) is 5.92 Å². The lowest BCUT2D eigenvalue weighted by atomic mass is 10.0. The maximum Gasteiger partial charge on any atom is 0.416 e. The van der Waals surface area contributed by atoms with Gasteiger partial charge in [0, 0.05) is 37.0 Å². The van der Waals surface area contributed by atoms with Crippen LogP contribution in [0.1, 0.15) is 31.4 Å². The van der Waals surface area contributed by atoms with E-state index in [2.05, 4.69) is 15.1 Å². The maximum absolute atomic E-state index is 13.0. The van der Waals surface area contributed by atoms with Gasteiger partial charge in [-0.15, -0.1) is 0 Å². The molecule has 0 spiro atoms. The Hall–Kier alpha value is -3.17. The molecule has 1 amide bonds. The number of amides is 1. The van der Waals surface area contributed by atoms with Crippen molar-refractivity contribution < 1.29 is 23.1 Å². The molecule has 2 aromatic heterocycles. The van der Waals surface area contributed by atoms with E-state index in [0.29, 0.717) is 36.7 Å². The summed E-state index contributed by atoms with van der Waals surface area (Å²) >= 11 is 0. The molecule has 3 aromatic rings. The lowest BCUT2D eigenvalue weighted by molar-refractivity contribution is -0.137. The second-order valence-electron chi connectivity index (χ2n) is 8.21. The molecule has 1 atom stereocenters. The summed E-state index contributed by atoms with van der Waals surface area (Å²) in [6, 6.07) is 1.81. The van der Waals surface area contributed by atoms with Gasteiger partial charge in [-0.05, 0) is 38.5 Å². The summed E-state index contributed by atoms with van der Waals surface area (Å²) in [6.45, 7) is 6.64. The zero-order valence-corrected chi connectivity index (χ0v) is 17.3. The van der Waals surface area contributed by atoms with Gasteiger partial charge in [0.2, 0.25) is 5.91 Å². The molecular weight excluding hydrogens is 411 g/mol. The highest BCUT2D eigenvalue weighted by atomic mass is 19.4. The van der Waals surface area contributed by atoms with Crippen molar-refractivity contribution in [3.8, 4) is 17.0 Å². The Bertz CT molecular complexity index is 1130. The minimum atomic E-state index is -4.55. The second-order valence-corrected chi connectivity index (χ2v) is 8.21. The summed E-state index contributed by atoms with van der Waals surface area (Å²) in [5.74, 6) is -0.257. The number of aromatic hydroxyl groups is 1. The van der Waals surface area contributed by atoms with Crippen LogP contribution in [0.25, 0.3) is 22.4 Å². The van der Waals surface area contributed by atoms with E-state index >= 15 is 0 Å². The molecule has 1 aliphatic rings. The Morgan fingerprint density at radius 1 is 1.29 bits per heavy atom. The third kappa shape index (κ3) is 4.06. The molecule has 7 nitrogen and oxygen atoms in total. The van der Waals surface area contributed by atoms with Crippen LogP contribution in [0.3, 0.4) is 0 Å². The Morgan fingerprint density at radius 3 is 2.65 bits per heavy atom. The lowest BCUT2D eigenvalue weighted by Crippen LogP contribution is -2.32. The van der Waals surface area contributed by atoms with E-state index in [9.17, 15) is 23.1 Å². The van der Waals surface area contributed by atoms with Crippen molar-refractivity contribution in [2.45, 2.75) is 46.0 Å². The molecule has 1 fully saturated rings. The molecule has 0 aliphatic carbocycles. The lowest BCUT2D eigenvalue weighted by Gasteiger charge is -2.20. The van der Waals surface area contributed by atoms with Crippen LogP contribution in [0.4, 0.5) is 13.2 Å². The molecule has 4 rings (SSSR count). The summed E-state index contributed by atoms with van der Waals surface area (Å²) in [5, 5.41) is 14.6. The molecule has 0 saturated carbocycles. The first-order chi connectivity index (χ1) is 14.5. The van der Waals surface area contributed by atoms with Crippen molar-refractivity contribution in [1.82, 2.24) is 24.6 Å². The summed E-state index contributed by atoms with van der Waals surface area (Å²) < 4.78 is 40.6. The van der Waals surface area contributed by atoms with Gasteiger partial charge in [0.05, 0.1) is 23.7 Å². The SMILES string of the molecule is Cc1cc(C(F)(F)F)cc(O)c1-c1cnc2cn(C[C@@H]3CC(=O)N(C(C)C)C3)nc2n1. The Labute approximate surface area is 176 Å². The van der Waals surface area contributed by atoms with E-state index in [0.717, 1.165) is 6.07 Å². The molecule has 31 heavy (non-hydrogen) atoms. The largest absolute Gasteiger partial charge is 0.507 e. The van der Waals surface area contributed by atoms with Crippen molar-refractivity contribution in [3.63, 3.8) is 0 Å². The average molecular weight is 433 g/mol. The predicted molar refractivity (Wildman–Crippen MR) is 107 cm³/mol. The summed E-state index contributed by atoms with van der Waals surface area (Å²) in [6.07, 6.45) is -0.960. The number of hydrogen-bond acceptors (Lipinski definition) is 5. The minimum Gasteiger partial charge on any atom is -0.507 e. The fourth-order valence-corrected chi connectivity index (χ4v) is 4.02. The smallest absolute Gasteiger partial charge is 0.416 e. The molecule has 1 aliphatic heterocycles. The number of fused-ring (bicyclic) bond motifs is 1. The predicted octanol–water partition coefficient (Wildman–Crippen LogP) is 3.78. The highest BCUT2D eigenvalue weighted by Crippen LogP contribution is 2.38. The number of nitrogens with zero attached hydrogens (tertiary/aromatic N) is 5. The molecule has 1 aromatic carbocycles. The van der Waals surface area contributed by atoms with Gasteiger partial charge in [-0.1, -0.05) is 0 Å². The minimum absolute atomic E-state index is 0.128. The number of aryl methyl sites for hydroxylation is 1. The zero-order chi connectivity index (χ0) is 22.5. The van der Waals surface area contributed by atoms with Crippen molar-refractivity contribution in [2.75, 3.05) is 6.54 Å². The van der Waals surface area contributed by atoms with Crippen LogP contribution in [0.5, 0.6) is 5.75 Å². The molecule has 0 radical (unpaired) electrons. The van der Waals surface area contributed by atoms with Crippen LogP contribution in [0.15, 0.2) is 24.5 Å². The van der Waals surface area contributed by atoms with E-state index in [1.807, 2.05) is 18.7 Å². The topological polar surface area (TPSA) is 84.1 Å². The van der Waals surface area contributed by atoms with Crippen LogP contribution >= 0.6 is 0 Å². The molecule has 3 heterocycles. The Morgan fingerprint density at radius 2 is 2.03 bits per heavy atom. The maximum atomic E-state index is 13.0. The number of alkyl halides is 3. The van der Waals surface area contributed by atoms with Gasteiger partial charge in [0.1, 0.15) is 11.3 Å². The number of phenols is 1. The van der Waals surface area contributed by atoms with Gasteiger partial charge in [-0.2, -0.15) is 18.3 Å². The van der Waals surface area contributed by atoms with E-state index in [1.54, 1.807) is 10.9 Å². The number of hydrogen-bond donors (Lipinski definition) is 1. The Kier molecular flexibility index (Phi) is 5.10. The standard InChI is InChI=1S/C21H22F3N5O2/c1-11(2)29-9-13(5-18(29)31)8-28-10-16-20(27-28)26-15(7-25-16)19-12(3)4-14(6-17(19)30)21(22,23)24/h4,6-7,10-11,13,30H,5,8-9H2,1-3H3/t13-/m0/s1. The van der Waals surface area contributed by atoms with Crippen molar-refractivity contribution in [3.05, 3.63) is 35.7 Å². The molecule has 1 saturated heterocycles. The van der Waals surface area contributed by atoms with Crippen molar-refractivity contribution in [1.29, 1.82) is 0 Å². The quantitative estimate of drug-likeness (QED) is 0.677. The fourth-order valence-electron chi connectivity index (χ4n) is 4.02. The van der Waals surface area contributed by atoms with Crippen LogP contribution in [-0.4, -0.2) is 48.2 Å². The molecule has 0 bridgehead atoms. The van der Waals surface area contributed by atoms with E-state index in [4.69, 9.17) is 0 Å². The molecule has 10 heteroatoms. The van der Waals surface area contributed by atoms with Crippen molar-refractivity contribution >= 4 is 17.1 Å². The van der Waals surface area contributed by atoms with E-state index in [1.165, 1.54) is 13.1 Å². The summed E-state index contributed by atoms with van der Waals surface area (Å²) in [7, 11) is 0. The number of aromatic nitrogens is 4. The second kappa shape index (κ2) is 7.51. The number of halogens is 3. The third-order valence-corrected chi connectivity index (χ3v) is 5.48. The fraction of sp³-hybridized carbons (Fsp3) is 0.429. The third-order valence-electron chi connectivity index (χ3n) is 5.48. The molecule has 0 unspecified atom stereocenters. The first-order valence-corrected chi connectivity index (χ1v) is 9.93. The Balaban J connectivity index is 1.61. The van der Waals surface area contributed by atoms with E-state index in [-0.39, 0.29) is 34.7 Å². The zero-order valence-electron chi connectivity index (χ0n) is 17.3. The first-order valence-electron chi connectivity index (χ1n) is 9.93. The van der Waals surface area contributed by atoms with E-state index < -0.39 is 17.5 Å².